The molecule has 0 aliphatic rings. The number of hydrogen-bond acceptors (Lipinski definition) is 6. The number of carbonyl (C=O) groups excluding carboxylic acids is 3. The van der Waals surface area contributed by atoms with E-state index in [0.29, 0.717) is 19.3 Å². The van der Waals surface area contributed by atoms with E-state index in [0.717, 1.165) is 161 Å². The summed E-state index contributed by atoms with van der Waals surface area (Å²) in [4.78, 5) is 38.2. The van der Waals surface area contributed by atoms with Crippen LogP contribution in [0.15, 0.2) is 146 Å². The van der Waals surface area contributed by atoms with Gasteiger partial charge in [0.15, 0.2) is 6.10 Å². The number of hydrogen-bond donors (Lipinski definition) is 0. The third-order valence-electron chi connectivity index (χ3n) is 12.8. The molecule has 0 heterocycles. The molecular formula is C71H114O6. The normalized spacial score (nSPS) is 13.1. The summed E-state index contributed by atoms with van der Waals surface area (Å²) in [7, 11) is 0. The summed E-state index contributed by atoms with van der Waals surface area (Å²) in [6.07, 6.45) is 91.3. The molecule has 0 aromatic heterocycles. The zero-order chi connectivity index (χ0) is 55.7. The van der Waals surface area contributed by atoms with Gasteiger partial charge in [0.05, 0.1) is 0 Å². The number of ether oxygens (including phenoxy) is 3. The lowest BCUT2D eigenvalue weighted by molar-refractivity contribution is -0.167. The zero-order valence-corrected chi connectivity index (χ0v) is 49.7. The van der Waals surface area contributed by atoms with E-state index in [1.54, 1.807) is 0 Å². The van der Waals surface area contributed by atoms with E-state index in [4.69, 9.17) is 14.2 Å². The van der Waals surface area contributed by atoms with Gasteiger partial charge in [0.25, 0.3) is 0 Å². The summed E-state index contributed by atoms with van der Waals surface area (Å²) < 4.78 is 16.9. The van der Waals surface area contributed by atoms with Crippen LogP contribution in [0.4, 0.5) is 0 Å². The Morgan fingerprint density at radius 3 is 0.805 bits per heavy atom. The van der Waals surface area contributed by atoms with Gasteiger partial charge in [0.2, 0.25) is 0 Å². The second-order valence-electron chi connectivity index (χ2n) is 20.2. The minimum Gasteiger partial charge on any atom is -0.462 e. The molecule has 0 bridgehead atoms. The number of carbonyl (C=O) groups is 3. The average molecular weight is 1060 g/mol. The zero-order valence-electron chi connectivity index (χ0n) is 49.7. The van der Waals surface area contributed by atoms with E-state index in [2.05, 4.69) is 167 Å². The van der Waals surface area contributed by atoms with Gasteiger partial charge in [0.1, 0.15) is 13.2 Å². The van der Waals surface area contributed by atoms with E-state index in [1.165, 1.54) is 64.2 Å². The second kappa shape index (κ2) is 63.8. The van der Waals surface area contributed by atoms with Crippen molar-refractivity contribution in [3.8, 4) is 0 Å². The highest BCUT2D eigenvalue weighted by Crippen LogP contribution is 2.14. The van der Waals surface area contributed by atoms with Crippen LogP contribution < -0.4 is 0 Å². The maximum absolute atomic E-state index is 12.9. The Labute approximate surface area is 474 Å². The van der Waals surface area contributed by atoms with Crippen LogP contribution in [-0.2, 0) is 28.6 Å². The lowest BCUT2D eigenvalue weighted by atomic mass is 10.1. The minimum absolute atomic E-state index is 0.0965. The standard InChI is InChI=1S/C71H114O6/c1-4-7-10-13-16-19-22-24-26-28-30-31-32-33-34-35-36-37-38-39-41-42-44-46-49-52-55-58-61-64-70(73)76-67-68(66-75-69(72)63-60-57-54-51-48-21-18-15-12-9-6-3)77-71(74)65-62-59-56-53-50-47-45-43-40-29-27-25-23-20-17-14-11-8-5-2/h7-8,10-11,15-20,24-27,30-31,33-34,36-37,39-41,43,68H,4-6,9,12-14,21-23,28-29,32,35,38,42,44-67H2,1-3H3/b10-7-,11-8-,18-15-,19-16-,20-17-,26-24-,27-25-,31-30-,34-33-,37-36-,41-39-,43-40-. The van der Waals surface area contributed by atoms with Crippen molar-refractivity contribution in [1.82, 2.24) is 0 Å². The lowest BCUT2D eigenvalue weighted by Crippen LogP contribution is -2.30. The van der Waals surface area contributed by atoms with E-state index in [1.807, 2.05) is 0 Å². The van der Waals surface area contributed by atoms with Gasteiger partial charge in [-0.05, 0) is 135 Å². The van der Waals surface area contributed by atoms with Crippen LogP contribution in [-0.4, -0.2) is 37.2 Å². The molecule has 0 spiro atoms. The molecule has 0 fully saturated rings. The van der Waals surface area contributed by atoms with Crippen LogP contribution in [0.1, 0.15) is 265 Å². The summed E-state index contributed by atoms with van der Waals surface area (Å²) in [5.41, 5.74) is 0. The van der Waals surface area contributed by atoms with Gasteiger partial charge >= 0.3 is 17.9 Å². The lowest BCUT2D eigenvalue weighted by Gasteiger charge is -2.18. The van der Waals surface area contributed by atoms with Crippen molar-refractivity contribution in [2.45, 2.75) is 271 Å². The first-order chi connectivity index (χ1) is 38.0. The SMILES string of the molecule is CC/C=C\C/C=C\C/C=C\C/C=C\C/C=C\C/C=C\C/C=C\CCCCCCCCCC(=O)OCC(COC(=O)CCCCCCC/C=C\CCCC)OC(=O)CCCCCCCC/C=C\C/C=C\C/C=C\C/C=C\CC. The molecule has 77 heavy (non-hydrogen) atoms. The van der Waals surface area contributed by atoms with E-state index < -0.39 is 6.10 Å². The van der Waals surface area contributed by atoms with E-state index in [-0.39, 0.29) is 31.1 Å². The van der Waals surface area contributed by atoms with Gasteiger partial charge in [-0.25, -0.2) is 0 Å². The van der Waals surface area contributed by atoms with Crippen molar-refractivity contribution in [3.63, 3.8) is 0 Å². The Balaban J connectivity index is 4.35. The van der Waals surface area contributed by atoms with Gasteiger partial charge in [-0.15, -0.1) is 0 Å². The highest BCUT2D eigenvalue weighted by atomic mass is 16.6. The molecule has 1 atom stereocenters. The number of unbranched alkanes of at least 4 members (excludes halogenated alkanes) is 20. The van der Waals surface area contributed by atoms with Crippen molar-refractivity contribution >= 4 is 17.9 Å². The first kappa shape index (κ1) is 72.3. The molecule has 0 radical (unpaired) electrons. The molecule has 0 aliphatic heterocycles. The summed E-state index contributed by atoms with van der Waals surface area (Å²) in [6, 6.07) is 0. The van der Waals surface area contributed by atoms with Crippen molar-refractivity contribution in [3.05, 3.63) is 146 Å². The quantitative estimate of drug-likeness (QED) is 0.0261. The Bertz CT molecular complexity index is 1700. The summed E-state index contributed by atoms with van der Waals surface area (Å²) in [5.74, 6) is -0.934. The highest BCUT2D eigenvalue weighted by Gasteiger charge is 2.19. The fourth-order valence-corrected chi connectivity index (χ4v) is 8.16. The smallest absolute Gasteiger partial charge is 0.306 e. The van der Waals surface area contributed by atoms with Crippen molar-refractivity contribution in [2.75, 3.05) is 13.2 Å². The van der Waals surface area contributed by atoms with Crippen LogP contribution in [0.2, 0.25) is 0 Å². The maximum Gasteiger partial charge on any atom is 0.306 e. The Morgan fingerprint density at radius 1 is 0.273 bits per heavy atom. The molecule has 0 aromatic carbocycles. The predicted molar refractivity (Wildman–Crippen MR) is 334 cm³/mol. The fourth-order valence-electron chi connectivity index (χ4n) is 8.16. The van der Waals surface area contributed by atoms with Crippen LogP contribution in [0.25, 0.3) is 0 Å². The monoisotopic (exact) mass is 1060 g/mol. The van der Waals surface area contributed by atoms with Crippen molar-refractivity contribution in [2.24, 2.45) is 0 Å². The minimum atomic E-state index is -0.800. The van der Waals surface area contributed by atoms with Crippen LogP contribution in [0, 0.1) is 0 Å². The Hall–Kier alpha value is -4.71. The Kier molecular flexibility index (Phi) is 59.9. The third-order valence-corrected chi connectivity index (χ3v) is 12.8. The molecular weight excluding hydrogens is 949 g/mol. The molecule has 0 saturated carbocycles. The summed E-state index contributed by atoms with van der Waals surface area (Å²) >= 11 is 0. The first-order valence-electron chi connectivity index (χ1n) is 31.3. The molecule has 0 N–H and O–H groups in total. The average Bonchev–Trinajstić information content (AvgIpc) is 3.43. The van der Waals surface area contributed by atoms with Gasteiger partial charge < -0.3 is 14.2 Å². The van der Waals surface area contributed by atoms with Crippen LogP contribution >= 0.6 is 0 Å². The maximum atomic E-state index is 12.9. The third kappa shape index (κ3) is 62.0. The molecule has 0 amide bonds. The number of rotatable bonds is 55. The van der Waals surface area contributed by atoms with E-state index >= 15 is 0 Å². The highest BCUT2D eigenvalue weighted by molar-refractivity contribution is 5.71. The summed E-state index contributed by atoms with van der Waals surface area (Å²) in [5, 5.41) is 0. The van der Waals surface area contributed by atoms with Crippen molar-refractivity contribution < 1.29 is 28.6 Å². The second-order valence-corrected chi connectivity index (χ2v) is 20.2. The molecule has 0 aromatic rings. The van der Waals surface area contributed by atoms with Crippen LogP contribution in [0.5, 0.6) is 0 Å². The molecule has 0 aliphatic carbocycles. The van der Waals surface area contributed by atoms with Gasteiger partial charge in [-0.2, -0.15) is 0 Å². The summed E-state index contributed by atoms with van der Waals surface area (Å²) in [6.45, 7) is 6.34. The molecule has 434 valence electrons. The van der Waals surface area contributed by atoms with Crippen LogP contribution in [0.3, 0.4) is 0 Å². The van der Waals surface area contributed by atoms with Gasteiger partial charge in [0, 0.05) is 19.3 Å². The fraction of sp³-hybridized carbons (Fsp3) is 0.620. The van der Waals surface area contributed by atoms with Crippen molar-refractivity contribution in [1.29, 1.82) is 0 Å². The molecule has 1 unspecified atom stereocenters. The molecule has 6 heteroatoms. The number of esters is 3. The topological polar surface area (TPSA) is 78.9 Å². The van der Waals surface area contributed by atoms with E-state index in [9.17, 15) is 14.4 Å². The Morgan fingerprint density at radius 2 is 0.506 bits per heavy atom. The van der Waals surface area contributed by atoms with Gasteiger partial charge in [-0.3, -0.25) is 14.4 Å². The largest absolute Gasteiger partial charge is 0.462 e. The first-order valence-corrected chi connectivity index (χ1v) is 31.3. The molecule has 0 saturated heterocycles. The predicted octanol–water partition coefficient (Wildman–Crippen LogP) is 21.5. The molecule has 6 nitrogen and oxygen atoms in total. The van der Waals surface area contributed by atoms with Gasteiger partial charge in [-0.1, -0.05) is 256 Å². The molecule has 0 rings (SSSR count). The number of allylic oxidation sites excluding steroid dienone is 24.